The monoisotopic (exact) mass is 350 g/mol. The average molecular weight is 350 g/mol. The summed E-state index contributed by atoms with van der Waals surface area (Å²) in [6.07, 6.45) is 3.72. The Morgan fingerprint density at radius 1 is 1.04 bits per heavy atom. The molecular weight excluding hydrogens is 328 g/mol. The van der Waals surface area contributed by atoms with Crippen LogP contribution in [0.2, 0.25) is 0 Å². The van der Waals surface area contributed by atoms with Gasteiger partial charge in [-0.05, 0) is 42.3 Å². The fourth-order valence-electron chi connectivity index (χ4n) is 3.26. The maximum atomic E-state index is 5.51. The van der Waals surface area contributed by atoms with Gasteiger partial charge in [0.1, 0.15) is 0 Å². The second-order valence-electron chi connectivity index (χ2n) is 6.59. The molecule has 2 aromatic heterocycles. The molecule has 6 heteroatoms. The summed E-state index contributed by atoms with van der Waals surface area (Å²) in [6, 6.07) is 12.4. The van der Waals surface area contributed by atoms with Gasteiger partial charge in [-0.15, -0.1) is 0 Å². The Hall–Kier alpha value is -2.86. The van der Waals surface area contributed by atoms with Crippen LogP contribution in [0.5, 0.6) is 11.5 Å². The van der Waals surface area contributed by atoms with Crippen LogP contribution in [0, 0.1) is 6.92 Å². The summed E-state index contributed by atoms with van der Waals surface area (Å²) in [5, 5.41) is 4.47. The second kappa shape index (κ2) is 7.17. The number of nitrogens with zero attached hydrogens (tertiary/aromatic N) is 4. The van der Waals surface area contributed by atoms with Crippen LogP contribution in [-0.2, 0) is 26.7 Å². The largest absolute Gasteiger partial charge is 0.454 e. The van der Waals surface area contributed by atoms with E-state index >= 15 is 0 Å². The third kappa shape index (κ3) is 3.70. The van der Waals surface area contributed by atoms with Crippen molar-refractivity contribution >= 4 is 0 Å². The lowest BCUT2D eigenvalue weighted by Gasteiger charge is -2.22. The van der Waals surface area contributed by atoms with Crippen molar-refractivity contribution in [1.82, 2.24) is 19.7 Å². The van der Waals surface area contributed by atoms with E-state index in [0.29, 0.717) is 6.79 Å². The zero-order valence-electron chi connectivity index (χ0n) is 15.1. The van der Waals surface area contributed by atoms with Crippen LogP contribution in [0.15, 0.2) is 48.8 Å². The van der Waals surface area contributed by atoms with Crippen molar-refractivity contribution in [2.45, 2.75) is 26.6 Å². The topological polar surface area (TPSA) is 52.4 Å². The normalized spacial score (nSPS) is 12.7. The van der Waals surface area contributed by atoms with Crippen LogP contribution in [-0.4, -0.2) is 26.5 Å². The number of hydrogen-bond donors (Lipinski definition) is 0. The molecule has 0 saturated heterocycles. The first-order valence-corrected chi connectivity index (χ1v) is 8.67. The molecule has 0 bridgehead atoms. The first-order valence-electron chi connectivity index (χ1n) is 8.67. The summed E-state index contributed by atoms with van der Waals surface area (Å²) in [5.41, 5.74) is 4.60. The predicted molar refractivity (Wildman–Crippen MR) is 97.7 cm³/mol. The second-order valence-corrected chi connectivity index (χ2v) is 6.59. The van der Waals surface area contributed by atoms with Gasteiger partial charge < -0.3 is 9.47 Å². The summed E-state index contributed by atoms with van der Waals surface area (Å²) in [5.74, 6) is 1.63. The van der Waals surface area contributed by atoms with Crippen molar-refractivity contribution in [3.8, 4) is 11.5 Å². The first-order chi connectivity index (χ1) is 12.7. The number of pyridine rings is 1. The van der Waals surface area contributed by atoms with Gasteiger partial charge in [0.05, 0.1) is 11.4 Å². The number of ether oxygens (including phenoxy) is 2. The molecule has 1 aliphatic rings. The van der Waals surface area contributed by atoms with Crippen LogP contribution in [0.1, 0.15) is 22.5 Å². The molecule has 3 aromatic rings. The summed E-state index contributed by atoms with van der Waals surface area (Å²) < 4.78 is 12.9. The summed E-state index contributed by atoms with van der Waals surface area (Å²) in [4.78, 5) is 6.62. The van der Waals surface area contributed by atoms with Gasteiger partial charge in [-0.25, -0.2) is 0 Å². The third-order valence-corrected chi connectivity index (χ3v) is 4.46. The third-order valence-electron chi connectivity index (χ3n) is 4.46. The van der Waals surface area contributed by atoms with Crippen molar-refractivity contribution < 1.29 is 9.47 Å². The zero-order valence-corrected chi connectivity index (χ0v) is 15.1. The molecule has 4 rings (SSSR count). The van der Waals surface area contributed by atoms with Crippen LogP contribution >= 0.6 is 0 Å². The van der Waals surface area contributed by atoms with E-state index in [1.54, 1.807) is 6.20 Å². The zero-order chi connectivity index (χ0) is 17.9. The quantitative estimate of drug-likeness (QED) is 0.684. The van der Waals surface area contributed by atoms with Crippen LogP contribution < -0.4 is 9.47 Å². The average Bonchev–Trinajstić information content (AvgIpc) is 3.21. The number of rotatable bonds is 6. The van der Waals surface area contributed by atoms with Crippen molar-refractivity contribution in [2.75, 3.05) is 6.79 Å². The Bertz CT molecular complexity index is 892. The molecule has 0 unspecified atom stereocenters. The molecule has 0 spiro atoms. The molecule has 0 aliphatic carbocycles. The highest BCUT2D eigenvalue weighted by molar-refractivity contribution is 5.44. The number of aromatic nitrogens is 3. The molecule has 0 N–H and O–H groups in total. The fourth-order valence-corrected chi connectivity index (χ4v) is 3.26. The molecule has 134 valence electrons. The Morgan fingerprint density at radius 3 is 2.65 bits per heavy atom. The van der Waals surface area contributed by atoms with E-state index in [9.17, 15) is 0 Å². The molecule has 0 atom stereocenters. The van der Waals surface area contributed by atoms with Gasteiger partial charge in [0, 0.05) is 39.1 Å². The SMILES string of the molecule is Cc1cc(CN(Cc2cccnc2)Cc2ccc3c(c2)OCO3)n(C)n1. The molecule has 0 saturated carbocycles. The lowest BCUT2D eigenvalue weighted by atomic mass is 10.1. The molecule has 3 heterocycles. The molecule has 26 heavy (non-hydrogen) atoms. The van der Waals surface area contributed by atoms with Crippen molar-refractivity contribution in [1.29, 1.82) is 0 Å². The molecule has 0 fully saturated rings. The van der Waals surface area contributed by atoms with Crippen molar-refractivity contribution in [3.05, 3.63) is 71.3 Å². The molecule has 0 radical (unpaired) electrons. The predicted octanol–water partition coefficient (Wildman–Crippen LogP) is 3.05. The number of aryl methyl sites for hydroxylation is 2. The van der Waals surface area contributed by atoms with Crippen LogP contribution in [0.25, 0.3) is 0 Å². The number of fused-ring (bicyclic) bond motifs is 1. The van der Waals surface area contributed by atoms with Gasteiger partial charge in [0.2, 0.25) is 6.79 Å². The summed E-state index contributed by atoms with van der Waals surface area (Å²) in [7, 11) is 1.99. The van der Waals surface area contributed by atoms with Crippen LogP contribution in [0.4, 0.5) is 0 Å². The van der Waals surface area contributed by atoms with E-state index in [1.807, 2.05) is 37.0 Å². The molecule has 6 nitrogen and oxygen atoms in total. The standard InChI is InChI=1S/C20H22N4O2/c1-15-8-18(23(2)22-15)13-24(12-17-4-3-7-21-10-17)11-16-5-6-19-20(9-16)26-14-25-19/h3-10H,11-14H2,1-2H3. The van der Waals surface area contributed by atoms with E-state index in [-0.39, 0.29) is 0 Å². The minimum absolute atomic E-state index is 0.298. The van der Waals surface area contributed by atoms with Gasteiger partial charge in [-0.1, -0.05) is 12.1 Å². The van der Waals surface area contributed by atoms with E-state index in [4.69, 9.17) is 9.47 Å². The van der Waals surface area contributed by atoms with Crippen molar-refractivity contribution in [2.24, 2.45) is 7.05 Å². The van der Waals surface area contributed by atoms with Gasteiger partial charge in [-0.2, -0.15) is 5.10 Å². The minimum atomic E-state index is 0.298. The van der Waals surface area contributed by atoms with E-state index in [1.165, 1.54) is 16.8 Å². The van der Waals surface area contributed by atoms with Gasteiger partial charge >= 0.3 is 0 Å². The summed E-state index contributed by atoms with van der Waals surface area (Å²) in [6.45, 7) is 4.74. The Labute approximate surface area is 153 Å². The van der Waals surface area contributed by atoms with E-state index in [2.05, 4.69) is 39.2 Å². The molecule has 1 aromatic carbocycles. The van der Waals surface area contributed by atoms with Gasteiger partial charge in [0.25, 0.3) is 0 Å². The van der Waals surface area contributed by atoms with E-state index < -0.39 is 0 Å². The van der Waals surface area contributed by atoms with E-state index in [0.717, 1.165) is 36.8 Å². The molecular formula is C20H22N4O2. The fraction of sp³-hybridized carbons (Fsp3) is 0.300. The maximum Gasteiger partial charge on any atom is 0.231 e. The summed E-state index contributed by atoms with van der Waals surface area (Å²) >= 11 is 0. The van der Waals surface area contributed by atoms with Crippen LogP contribution in [0.3, 0.4) is 0 Å². The molecule has 0 amide bonds. The highest BCUT2D eigenvalue weighted by Gasteiger charge is 2.16. The van der Waals surface area contributed by atoms with Gasteiger partial charge in [0.15, 0.2) is 11.5 Å². The van der Waals surface area contributed by atoms with Crippen molar-refractivity contribution in [3.63, 3.8) is 0 Å². The van der Waals surface area contributed by atoms with Gasteiger partial charge in [-0.3, -0.25) is 14.6 Å². The maximum absolute atomic E-state index is 5.51. The molecule has 1 aliphatic heterocycles. The lowest BCUT2D eigenvalue weighted by molar-refractivity contribution is 0.174. The Morgan fingerprint density at radius 2 is 1.88 bits per heavy atom. The minimum Gasteiger partial charge on any atom is -0.454 e. The number of benzene rings is 1. The Kier molecular flexibility index (Phi) is 4.58. The first kappa shape index (κ1) is 16.6. The smallest absolute Gasteiger partial charge is 0.231 e. The Balaban J connectivity index is 1.56. The highest BCUT2D eigenvalue weighted by Crippen LogP contribution is 2.33. The number of hydrogen-bond acceptors (Lipinski definition) is 5. The highest BCUT2D eigenvalue weighted by atomic mass is 16.7. The lowest BCUT2D eigenvalue weighted by Crippen LogP contribution is -2.23.